The zero-order valence-corrected chi connectivity index (χ0v) is 13.8. The van der Waals surface area contributed by atoms with Gasteiger partial charge in [0.25, 0.3) is 0 Å². The summed E-state index contributed by atoms with van der Waals surface area (Å²) in [5.41, 5.74) is 1.19. The highest BCUT2D eigenvalue weighted by Crippen LogP contribution is 2.42. The van der Waals surface area contributed by atoms with Crippen molar-refractivity contribution in [3.05, 3.63) is 53.1 Å². The Hall–Kier alpha value is -2.90. The number of aromatic nitrogens is 2. The van der Waals surface area contributed by atoms with Gasteiger partial charge in [0.2, 0.25) is 0 Å². The molecule has 0 radical (unpaired) electrons. The van der Waals surface area contributed by atoms with Crippen molar-refractivity contribution in [3.63, 3.8) is 0 Å². The fourth-order valence-corrected chi connectivity index (χ4v) is 3.01. The van der Waals surface area contributed by atoms with Gasteiger partial charge in [-0.3, -0.25) is 4.98 Å². The highest BCUT2D eigenvalue weighted by molar-refractivity contribution is 5.93. The minimum Gasteiger partial charge on any atom is -0.507 e. The standard InChI is InChI=1S/C18H15F3N2O3/c1-26-17(25)15-9-22-8-14(23-15)12-4-2-3-11(12)10-5-6-16(24)13(7-10)18(19,20)21/h5-9,24H,2-4H2,1H3. The molecule has 5 nitrogen and oxygen atoms in total. The molecule has 136 valence electrons. The minimum absolute atomic E-state index is 0.0328. The Balaban J connectivity index is 2.09. The zero-order chi connectivity index (χ0) is 18.9. The summed E-state index contributed by atoms with van der Waals surface area (Å²) >= 11 is 0. The quantitative estimate of drug-likeness (QED) is 0.831. The van der Waals surface area contributed by atoms with Crippen molar-refractivity contribution in [2.75, 3.05) is 7.11 Å². The van der Waals surface area contributed by atoms with Crippen LogP contribution in [0.1, 0.15) is 46.6 Å². The van der Waals surface area contributed by atoms with Gasteiger partial charge in [-0.15, -0.1) is 0 Å². The second-order valence-electron chi connectivity index (χ2n) is 5.82. The highest BCUT2D eigenvalue weighted by atomic mass is 19.4. The number of allylic oxidation sites excluding steroid dienone is 2. The van der Waals surface area contributed by atoms with E-state index in [0.717, 1.165) is 24.1 Å². The zero-order valence-electron chi connectivity index (χ0n) is 13.8. The number of methoxy groups -OCH3 is 1. The first-order chi connectivity index (χ1) is 12.3. The molecule has 1 aliphatic rings. The van der Waals surface area contributed by atoms with Crippen LogP contribution in [0.4, 0.5) is 13.2 Å². The van der Waals surface area contributed by atoms with Crippen molar-refractivity contribution in [2.45, 2.75) is 25.4 Å². The van der Waals surface area contributed by atoms with Gasteiger partial charge in [0, 0.05) is 0 Å². The second kappa shape index (κ2) is 6.78. The fourth-order valence-electron chi connectivity index (χ4n) is 3.01. The van der Waals surface area contributed by atoms with Crippen molar-refractivity contribution in [1.82, 2.24) is 9.97 Å². The van der Waals surface area contributed by atoms with Crippen LogP contribution in [0.2, 0.25) is 0 Å². The summed E-state index contributed by atoms with van der Waals surface area (Å²) in [6.07, 6.45) is 0.0183. The smallest absolute Gasteiger partial charge is 0.419 e. The van der Waals surface area contributed by atoms with Crippen LogP contribution >= 0.6 is 0 Å². The minimum atomic E-state index is -4.65. The van der Waals surface area contributed by atoms with Crippen LogP contribution in [0.25, 0.3) is 11.1 Å². The maximum absolute atomic E-state index is 13.1. The molecule has 0 saturated carbocycles. The Morgan fingerprint density at radius 3 is 2.62 bits per heavy atom. The number of hydrogen-bond donors (Lipinski definition) is 1. The maximum Gasteiger partial charge on any atom is 0.419 e. The number of carbonyl (C=O) groups is 1. The number of nitrogens with zero attached hydrogens (tertiary/aromatic N) is 2. The molecule has 8 heteroatoms. The number of rotatable bonds is 3. The molecule has 3 rings (SSSR count). The van der Waals surface area contributed by atoms with E-state index in [1.807, 2.05) is 0 Å². The first-order valence-electron chi connectivity index (χ1n) is 7.84. The van der Waals surface area contributed by atoms with E-state index in [1.165, 1.54) is 25.6 Å². The van der Waals surface area contributed by atoms with Gasteiger partial charge in [-0.05, 0) is 48.1 Å². The predicted molar refractivity (Wildman–Crippen MR) is 87.1 cm³/mol. The van der Waals surface area contributed by atoms with Crippen LogP contribution in [0.5, 0.6) is 5.75 Å². The fraction of sp³-hybridized carbons (Fsp3) is 0.278. The van der Waals surface area contributed by atoms with E-state index in [4.69, 9.17) is 0 Å². The first kappa shape index (κ1) is 17.9. The van der Waals surface area contributed by atoms with Crippen molar-refractivity contribution in [1.29, 1.82) is 0 Å². The molecule has 26 heavy (non-hydrogen) atoms. The number of esters is 1. The third-order valence-electron chi connectivity index (χ3n) is 4.21. The number of ether oxygens (including phenoxy) is 1. The van der Waals surface area contributed by atoms with Crippen molar-refractivity contribution < 1.29 is 27.8 Å². The largest absolute Gasteiger partial charge is 0.507 e. The Kier molecular flexibility index (Phi) is 4.67. The molecule has 0 saturated heterocycles. The molecule has 0 bridgehead atoms. The number of phenolic OH excluding ortho intramolecular Hbond substituents is 1. The summed E-state index contributed by atoms with van der Waals surface area (Å²) in [6.45, 7) is 0. The van der Waals surface area contributed by atoms with E-state index in [-0.39, 0.29) is 5.69 Å². The Labute approximate surface area is 147 Å². The van der Waals surface area contributed by atoms with E-state index in [2.05, 4.69) is 14.7 Å². The Morgan fingerprint density at radius 1 is 1.19 bits per heavy atom. The number of hydrogen-bond acceptors (Lipinski definition) is 5. The summed E-state index contributed by atoms with van der Waals surface area (Å²) < 4.78 is 43.8. The molecule has 1 aromatic carbocycles. The van der Waals surface area contributed by atoms with Crippen LogP contribution in [-0.4, -0.2) is 28.2 Å². The molecular formula is C18H15F3N2O3. The number of halogens is 3. The van der Waals surface area contributed by atoms with E-state index in [0.29, 0.717) is 29.7 Å². The predicted octanol–water partition coefficient (Wildman–Crippen LogP) is 4.08. The molecule has 1 N–H and O–H groups in total. The lowest BCUT2D eigenvalue weighted by Crippen LogP contribution is -2.07. The second-order valence-corrected chi connectivity index (χ2v) is 5.82. The summed E-state index contributed by atoms with van der Waals surface area (Å²) in [5, 5.41) is 9.51. The molecule has 0 atom stereocenters. The average molecular weight is 364 g/mol. The van der Waals surface area contributed by atoms with Gasteiger partial charge in [0.05, 0.1) is 30.8 Å². The Bertz CT molecular complexity index is 891. The summed E-state index contributed by atoms with van der Waals surface area (Å²) in [5.74, 6) is -1.45. The van der Waals surface area contributed by atoms with E-state index >= 15 is 0 Å². The molecular weight excluding hydrogens is 349 g/mol. The lowest BCUT2D eigenvalue weighted by Gasteiger charge is -2.13. The van der Waals surface area contributed by atoms with Crippen LogP contribution in [-0.2, 0) is 10.9 Å². The molecule has 1 aromatic heterocycles. The van der Waals surface area contributed by atoms with Crippen molar-refractivity contribution in [3.8, 4) is 5.75 Å². The maximum atomic E-state index is 13.1. The molecule has 0 fully saturated rings. The SMILES string of the molecule is COC(=O)c1cncc(C2=C(c3ccc(O)c(C(F)(F)F)c3)CCC2)n1. The first-order valence-corrected chi connectivity index (χ1v) is 7.84. The van der Waals surface area contributed by atoms with Gasteiger partial charge in [-0.2, -0.15) is 13.2 Å². The topological polar surface area (TPSA) is 72.3 Å². The van der Waals surface area contributed by atoms with Gasteiger partial charge in [0.1, 0.15) is 5.75 Å². The summed E-state index contributed by atoms with van der Waals surface area (Å²) in [6, 6.07) is 3.42. The number of aromatic hydroxyl groups is 1. The average Bonchev–Trinajstić information content (AvgIpc) is 3.10. The number of phenols is 1. The third kappa shape index (κ3) is 3.40. The van der Waals surface area contributed by atoms with Crippen LogP contribution in [0.3, 0.4) is 0 Å². The molecule has 0 unspecified atom stereocenters. The number of alkyl halides is 3. The Morgan fingerprint density at radius 2 is 1.92 bits per heavy atom. The molecule has 1 aliphatic carbocycles. The summed E-state index contributed by atoms with van der Waals surface area (Å²) in [7, 11) is 1.23. The van der Waals surface area contributed by atoms with Gasteiger partial charge in [0.15, 0.2) is 5.69 Å². The molecule has 1 heterocycles. The van der Waals surface area contributed by atoms with Gasteiger partial charge in [-0.25, -0.2) is 9.78 Å². The lowest BCUT2D eigenvalue weighted by molar-refractivity contribution is -0.138. The summed E-state index contributed by atoms with van der Waals surface area (Å²) in [4.78, 5) is 19.8. The molecule has 0 amide bonds. The van der Waals surface area contributed by atoms with Gasteiger partial charge < -0.3 is 9.84 Å². The van der Waals surface area contributed by atoms with Crippen LogP contribution < -0.4 is 0 Å². The lowest BCUT2D eigenvalue weighted by atomic mass is 9.98. The van der Waals surface area contributed by atoms with Crippen LogP contribution in [0.15, 0.2) is 30.6 Å². The van der Waals surface area contributed by atoms with Crippen molar-refractivity contribution in [2.24, 2.45) is 0 Å². The third-order valence-corrected chi connectivity index (χ3v) is 4.21. The van der Waals surface area contributed by atoms with Crippen molar-refractivity contribution >= 4 is 17.1 Å². The van der Waals surface area contributed by atoms with Crippen LogP contribution in [0, 0.1) is 0 Å². The van der Waals surface area contributed by atoms with E-state index in [9.17, 15) is 23.1 Å². The molecule has 0 spiro atoms. The molecule has 0 aliphatic heterocycles. The molecule has 2 aromatic rings. The monoisotopic (exact) mass is 364 g/mol. The number of benzene rings is 1. The van der Waals surface area contributed by atoms with Gasteiger partial charge in [-0.1, -0.05) is 6.07 Å². The van der Waals surface area contributed by atoms with E-state index in [1.54, 1.807) is 0 Å². The number of carbonyl (C=O) groups excluding carboxylic acids is 1. The van der Waals surface area contributed by atoms with Gasteiger partial charge >= 0.3 is 12.1 Å². The normalized spacial score (nSPS) is 14.6. The van der Waals surface area contributed by atoms with E-state index < -0.39 is 23.5 Å². The highest BCUT2D eigenvalue weighted by Gasteiger charge is 2.34.